The predicted molar refractivity (Wildman–Crippen MR) is 43.1 cm³/mol. The summed E-state index contributed by atoms with van der Waals surface area (Å²) in [6.07, 6.45) is 0. The summed E-state index contributed by atoms with van der Waals surface area (Å²) < 4.78 is 5.58. The number of halogens is 2. The molecule has 0 N–H and O–H groups in total. The van der Waals surface area contributed by atoms with Crippen LogP contribution in [0.5, 0.6) is 0 Å². The highest BCUT2D eigenvalue weighted by atomic mass is 79.9. The topological polar surface area (TPSA) is 26.0 Å². The van der Waals surface area contributed by atoms with Crippen LogP contribution in [0.25, 0.3) is 0 Å². The van der Waals surface area contributed by atoms with Crippen molar-refractivity contribution in [1.29, 1.82) is 0 Å². The molecule has 0 atom stereocenters. The van der Waals surface area contributed by atoms with Crippen molar-refractivity contribution in [2.75, 3.05) is 0 Å². The van der Waals surface area contributed by atoms with E-state index in [1.165, 1.54) is 0 Å². The molecule has 1 aromatic rings. The second kappa shape index (κ2) is 2.55. The summed E-state index contributed by atoms with van der Waals surface area (Å²) in [6, 6.07) is 1.76. The SMILES string of the molecule is CC(C)(Cl)c1cc(Br)no1. The Morgan fingerprint density at radius 1 is 1.70 bits per heavy atom. The van der Waals surface area contributed by atoms with Crippen molar-refractivity contribution >= 4 is 27.5 Å². The van der Waals surface area contributed by atoms with Crippen LogP contribution >= 0.6 is 27.5 Å². The molecule has 1 aromatic heterocycles. The molecule has 2 nitrogen and oxygen atoms in total. The van der Waals surface area contributed by atoms with E-state index in [0.29, 0.717) is 10.4 Å². The summed E-state index contributed by atoms with van der Waals surface area (Å²) in [6.45, 7) is 3.70. The van der Waals surface area contributed by atoms with Crippen molar-refractivity contribution < 1.29 is 4.52 Å². The molecule has 0 aliphatic heterocycles. The van der Waals surface area contributed by atoms with Crippen LogP contribution in [0.4, 0.5) is 0 Å². The Hall–Kier alpha value is -0.0200. The number of alkyl halides is 1. The van der Waals surface area contributed by atoms with Gasteiger partial charge >= 0.3 is 0 Å². The Labute approximate surface area is 72.7 Å². The summed E-state index contributed by atoms with van der Waals surface area (Å²) in [5, 5.41) is 3.64. The van der Waals surface area contributed by atoms with Crippen LogP contribution in [-0.4, -0.2) is 5.16 Å². The monoisotopic (exact) mass is 223 g/mol. The smallest absolute Gasteiger partial charge is 0.158 e. The quantitative estimate of drug-likeness (QED) is 0.686. The van der Waals surface area contributed by atoms with Gasteiger partial charge in [0.05, 0.1) is 4.87 Å². The summed E-state index contributed by atoms with van der Waals surface area (Å²) >= 11 is 9.08. The molecule has 0 aliphatic carbocycles. The van der Waals surface area contributed by atoms with Crippen molar-refractivity contribution in [2.45, 2.75) is 18.7 Å². The van der Waals surface area contributed by atoms with Gasteiger partial charge in [-0.3, -0.25) is 0 Å². The van der Waals surface area contributed by atoms with Crippen LogP contribution in [0, 0.1) is 0 Å². The van der Waals surface area contributed by atoms with E-state index in [9.17, 15) is 0 Å². The van der Waals surface area contributed by atoms with Gasteiger partial charge in [-0.05, 0) is 29.8 Å². The highest BCUT2D eigenvalue weighted by Crippen LogP contribution is 2.28. The summed E-state index contributed by atoms with van der Waals surface area (Å²) in [7, 11) is 0. The average Bonchev–Trinajstić information content (AvgIpc) is 2.11. The van der Waals surface area contributed by atoms with E-state index in [-0.39, 0.29) is 0 Å². The van der Waals surface area contributed by atoms with Gasteiger partial charge in [-0.25, -0.2) is 0 Å². The Morgan fingerprint density at radius 2 is 2.30 bits per heavy atom. The lowest BCUT2D eigenvalue weighted by atomic mass is 10.1. The van der Waals surface area contributed by atoms with E-state index in [4.69, 9.17) is 16.1 Å². The average molecular weight is 224 g/mol. The lowest BCUT2D eigenvalue weighted by Crippen LogP contribution is -2.04. The molecule has 4 heteroatoms. The Kier molecular flexibility index (Phi) is 2.06. The van der Waals surface area contributed by atoms with Gasteiger partial charge in [-0.15, -0.1) is 11.6 Å². The Bertz CT molecular complexity index is 228. The second-order valence-electron chi connectivity index (χ2n) is 2.49. The molecule has 0 aliphatic rings. The van der Waals surface area contributed by atoms with E-state index in [1.807, 2.05) is 13.8 Å². The lowest BCUT2D eigenvalue weighted by molar-refractivity contribution is 0.356. The van der Waals surface area contributed by atoms with E-state index < -0.39 is 4.87 Å². The van der Waals surface area contributed by atoms with E-state index in [2.05, 4.69) is 21.1 Å². The van der Waals surface area contributed by atoms with Crippen LogP contribution in [0.3, 0.4) is 0 Å². The number of aromatic nitrogens is 1. The van der Waals surface area contributed by atoms with Gasteiger partial charge in [0.25, 0.3) is 0 Å². The number of rotatable bonds is 1. The third-order valence-electron chi connectivity index (χ3n) is 1.07. The summed E-state index contributed by atoms with van der Waals surface area (Å²) in [4.78, 5) is -0.473. The third kappa shape index (κ3) is 1.73. The molecule has 0 saturated carbocycles. The first-order valence-electron chi connectivity index (χ1n) is 2.82. The minimum Gasteiger partial charge on any atom is -0.358 e. The molecule has 0 aromatic carbocycles. The number of nitrogens with zero attached hydrogens (tertiary/aromatic N) is 1. The largest absolute Gasteiger partial charge is 0.358 e. The van der Waals surface area contributed by atoms with Gasteiger partial charge in [0.2, 0.25) is 0 Å². The summed E-state index contributed by atoms with van der Waals surface area (Å²) in [5.74, 6) is 0.668. The van der Waals surface area contributed by atoms with Crippen molar-refractivity contribution in [3.63, 3.8) is 0 Å². The maximum absolute atomic E-state index is 5.92. The van der Waals surface area contributed by atoms with Crippen molar-refractivity contribution in [3.8, 4) is 0 Å². The molecule has 0 bridgehead atoms. The predicted octanol–water partition coefficient (Wildman–Crippen LogP) is 2.91. The molecule has 0 amide bonds. The van der Waals surface area contributed by atoms with Crippen molar-refractivity contribution in [3.05, 3.63) is 16.4 Å². The molecule has 10 heavy (non-hydrogen) atoms. The summed E-state index contributed by atoms with van der Waals surface area (Å²) in [5.41, 5.74) is 0. The minimum atomic E-state index is -0.473. The molecule has 0 radical (unpaired) electrons. The Balaban J connectivity index is 2.96. The first kappa shape index (κ1) is 8.08. The molecule has 1 rings (SSSR count). The van der Waals surface area contributed by atoms with Gasteiger partial charge in [-0.2, -0.15) is 0 Å². The zero-order valence-corrected chi connectivity index (χ0v) is 8.03. The molecule has 0 saturated heterocycles. The second-order valence-corrected chi connectivity index (χ2v) is 4.24. The normalized spacial score (nSPS) is 12.0. The van der Waals surface area contributed by atoms with Gasteiger partial charge in [0, 0.05) is 6.07 Å². The molecule has 0 unspecified atom stereocenters. The fourth-order valence-corrected chi connectivity index (χ4v) is 0.903. The highest BCUT2D eigenvalue weighted by molar-refractivity contribution is 9.10. The zero-order chi connectivity index (χ0) is 7.78. The molecular formula is C6H7BrClNO. The van der Waals surface area contributed by atoms with Crippen molar-refractivity contribution in [1.82, 2.24) is 5.16 Å². The van der Waals surface area contributed by atoms with E-state index >= 15 is 0 Å². The molecule has 56 valence electrons. The fraction of sp³-hybridized carbons (Fsp3) is 0.500. The number of hydrogen-bond acceptors (Lipinski definition) is 2. The molecular weight excluding hydrogens is 217 g/mol. The fourth-order valence-electron chi connectivity index (χ4n) is 0.534. The third-order valence-corrected chi connectivity index (χ3v) is 1.63. The Morgan fingerprint density at radius 3 is 2.50 bits per heavy atom. The molecule has 1 heterocycles. The first-order valence-corrected chi connectivity index (χ1v) is 3.99. The minimum absolute atomic E-state index is 0.473. The number of hydrogen-bond donors (Lipinski definition) is 0. The van der Waals surface area contributed by atoms with Gasteiger partial charge < -0.3 is 4.52 Å². The van der Waals surface area contributed by atoms with Gasteiger partial charge in [-0.1, -0.05) is 5.16 Å². The van der Waals surface area contributed by atoms with Crippen LogP contribution in [0.15, 0.2) is 15.2 Å². The first-order chi connectivity index (χ1) is 4.50. The van der Waals surface area contributed by atoms with E-state index in [0.717, 1.165) is 0 Å². The standard InChI is InChI=1S/C6H7BrClNO/c1-6(2,8)4-3-5(7)9-10-4/h3H,1-2H3. The zero-order valence-electron chi connectivity index (χ0n) is 5.69. The van der Waals surface area contributed by atoms with E-state index in [1.54, 1.807) is 6.07 Å². The van der Waals surface area contributed by atoms with Crippen LogP contribution < -0.4 is 0 Å². The van der Waals surface area contributed by atoms with Crippen LogP contribution in [-0.2, 0) is 4.87 Å². The van der Waals surface area contributed by atoms with Gasteiger partial charge in [0.15, 0.2) is 5.76 Å². The molecule has 0 fully saturated rings. The van der Waals surface area contributed by atoms with Crippen molar-refractivity contribution in [2.24, 2.45) is 0 Å². The van der Waals surface area contributed by atoms with Crippen LogP contribution in [0.2, 0.25) is 0 Å². The maximum Gasteiger partial charge on any atom is 0.158 e. The maximum atomic E-state index is 5.92. The highest BCUT2D eigenvalue weighted by Gasteiger charge is 2.21. The molecule has 0 spiro atoms. The van der Waals surface area contributed by atoms with Crippen LogP contribution in [0.1, 0.15) is 19.6 Å². The van der Waals surface area contributed by atoms with Gasteiger partial charge in [0.1, 0.15) is 4.60 Å². The lowest BCUT2D eigenvalue weighted by Gasteiger charge is -2.08.